The van der Waals surface area contributed by atoms with Crippen LogP contribution in [0.25, 0.3) is 27.7 Å². The number of hydrogen-bond donors (Lipinski definition) is 1. The zero-order valence-electron chi connectivity index (χ0n) is 23.1. The average Bonchev–Trinajstić information content (AvgIpc) is 3.58. The lowest BCUT2D eigenvalue weighted by molar-refractivity contribution is 0.0827. The van der Waals surface area contributed by atoms with E-state index in [2.05, 4.69) is 29.4 Å². The van der Waals surface area contributed by atoms with Gasteiger partial charge in [0.05, 0.1) is 0 Å². The number of amides is 1. The highest BCUT2D eigenvalue weighted by molar-refractivity contribution is 7.91. The van der Waals surface area contributed by atoms with E-state index in [9.17, 15) is 13.2 Å². The number of fused-ring (bicyclic) bond motifs is 2. The molecule has 1 N–H and O–H groups in total. The van der Waals surface area contributed by atoms with Crippen LogP contribution in [0.1, 0.15) is 46.0 Å². The minimum Gasteiger partial charge on any atom is -0.345 e. The van der Waals surface area contributed by atoms with Crippen molar-refractivity contribution in [3.63, 3.8) is 0 Å². The number of aromatic nitrogens is 2. The van der Waals surface area contributed by atoms with Crippen molar-refractivity contribution in [2.45, 2.75) is 38.1 Å². The topological polar surface area (TPSA) is 84.3 Å². The number of carbonyl (C=O) groups is 1. The zero-order chi connectivity index (χ0) is 28.2. The van der Waals surface area contributed by atoms with E-state index in [-0.39, 0.29) is 5.91 Å². The number of pyridine rings is 1. The highest BCUT2D eigenvalue weighted by Crippen LogP contribution is 2.39. The van der Waals surface area contributed by atoms with Gasteiger partial charge in [-0.2, -0.15) is 0 Å². The third-order valence-corrected chi connectivity index (χ3v) is 10.3. The maximum atomic E-state index is 14.4. The van der Waals surface area contributed by atoms with Crippen LogP contribution in [-0.2, 0) is 23.1 Å². The molecule has 0 spiro atoms. The Balaban J connectivity index is 1.43. The first-order valence-electron chi connectivity index (χ1n) is 13.4. The van der Waals surface area contributed by atoms with Crippen LogP contribution in [0.3, 0.4) is 0 Å². The van der Waals surface area contributed by atoms with Gasteiger partial charge in [0.25, 0.3) is 5.91 Å². The molecule has 0 bridgehead atoms. The number of hydrogen-bond acceptors (Lipinski definition) is 5. The Kier molecular flexibility index (Phi) is 6.27. The van der Waals surface area contributed by atoms with Crippen molar-refractivity contribution in [2.75, 3.05) is 14.1 Å². The van der Waals surface area contributed by atoms with E-state index < -0.39 is 14.8 Å². The highest BCUT2D eigenvalue weighted by atomic mass is 32.2. The molecule has 1 amide bonds. The van der Waals surface area contributed by atoms with Crippen molar-refractivity contribution in [2.24, 2.45) is 0 Å². The van der Waals surface area contributed by atoms with Crippen molar-refractivity contribution < 1.29 is 13.2 Å². The first kappa shape index (κ1) is 26.2. The molecule has 2 aliphatic rings. The number of benzene rings is 2. The van der Waals surface area contributed by atoms with Crippen LogP contribution in [0.2, 0.25) is 0 Å². The Morgan fingerprint density at radius 3 is 2.60 bits per heavy atom. The van der Waals surface area contributed by atoms with Gasteiger partial charge in [-0.05, 0) is 84.0 Å². The maximum Gasteiger partial charge on any atom is 0.253 e. The van der Waals surface area contributed by atoms with Crippen molar-refractivity contribution in [1.29, 1.82) is 0 Å². The van der Waals surface area contributed by atoms with E-state index in [0.717, 1.165) is 40.7 Å². The summed E-state index contributed by atoms with van der Waals surface area (Å²) in [6, 6.07) is 15.2. The van der Waals surface area contributed by atoms with Crippen LogP contribution < -0.4 is 5.32 Å². The zero-order valence-corrected chi connectivity index (χ0v) is 23.9. The summed E-state index contributed by atoms with van der Waals surface area (Å²) in [6.45, 7) is 5.59. The number of allylic oxidation sites excluding steroid dienone is 3. The maximum absolute atomic E-state index is 14.4. The fourth-order valence-electron chi connectivity index (χ4n) is 5.72. The smallest absolute Gasteiger partial charge is 0.253 e. The number of nitrogens with zero attached hydrogens (tertiary/aromatic N) is 3. The van der Waals surface area contributed by atoms with Gasteiger partial charge in [0.2, 0.25) is 10.0 Å². The lowest BCUT2D eigenvalue weighted by atomic mass is 9.90. The number of nitrogens with one attached hydrogen (secondary N) is 1. The van der Waals surface area contributed by atoms with E-state index in [1.165, 1.54) is 25.6 Å². The summed E-state index contributed by atoms with van der Waals surface area (Å²) in [5.41, 5.74) is 8.26. The van der Waals surface area contributed by atoms with Gasteiger partial charge in [-0.3, -0.25) is 4.79 Å². The molecule has 0 fully saturated rings. The van der Waals surface area contributed by atoms with Crippen LogP contribution in [0.15, 0.2) is 79.2 Å². The van der Waals surface area contributed by atoms with Crippen LogP contribution in [0.4, 0.5) is 0 Å². The number of carbonyl (C=O) groups excluding carboxylic acids is 1. The summed E-state index contributed by atoms with van der Waals surface area (Å²) in [5.74, 6) is -0.0890. The predicted molar refractivity (Wildman–Crippen MR) is 159 cm³/mol. The molecule has 7 nitrogen and oxygen atoms in total. The summed E-state index contributed by atoms with van der Waals surface area (Å²) in [4.78, 5) is 18.4. The lowest BCUT2D eigenvalue weighted by Crippen LogP contribution is -2.38. The second-order valence-electron chi connectivity index (χ2n) is 11.0. The summed E-state index contributed by atoms with van der Waals surface area (Å²) in [6.07, 6.45) is 9.50. The number of aryl methyl sites for hydroxylation is 1. The molecule has 0 radical (unpaired) electrons. The van der Waals surface area contributed by atoms with Crippen LogP contribution in [0.5, 0.6) is 0 Å². The molecular weight excluding hydrogens is 520 g/mol. The van der Waals surface area contributed by atoms with Gasteiger partial charge in [0, 0.05) is 56.1 Å². The third kappa shape index (κ3) is 4.19. The van der Waals surface area contributed by atoms with E-state index in [1.54, 1.807) is 51.6 Å². The molecule has 2 aromatic carbocycles. The largest absolute Gasteiger partial charge is 0.345 e. The highest BCUT2D eigenvalue weighted by Gasteiger charge is 2.41. The summed E-state index contributed by atoms with van der Waals surface area (Å²) in [5, 5.41) is 4.14. The monoisotopic (exact) mass is 552 g/mol. The lowest BCUT2D eigenvalue weighted by Gasteiger charge is -2.29. The molecule has 1 aliphatic heterocycles. The molecule has 3 heterocycles. The Hall–Kier alpha value is -4.01. The molecule has 1 unspecified atom stereocenters. The molecule has 40 heavy (non-hydrogen) atoms. The molecule has 204 valence electrons. The van der Waals surface area contributed by atoms with E-state index >= 15 is 0 Å². The molecule has 8 heteroatoms. The Morgan fingerprint density at radius 1 is 1.07 bits per heavy atom. The van der Waals surface area contributed by atoms with Crippen molar-refractivity contribution in [3.8, 4) is 11.1 Å². The van der Waals surface area contributed by atoms with E-state index in [4.69, 9.17) is 0 Å². The standard InChI is InChI=1S/C32H32N4O3S/c1-21-15-25(16-26-18-33-19-28(21)26)24-7-5-13-32(2,17-24)40(38,39)36-20-29(27-8-6-14-34-30(27)36)22-9-11-23(12-10-22)31(37)35(3)4/h5-12,14-17,20,33H,13,18-19H2,1-4H3. The van der Waals surface area contributed by atoms with E-state index in [1.807, 2.05) is 36.4 Å². The second-order valence-corrected chi connectivity index (χ2v) is 13.3. The summed E-state index contributed by atoms with van der Waals surface area (Å²) in [7, 11) is -0.493. The van der Waals surface area contributed by atoms with Gasteiger partial charge in [-0.15, -0.1) is 0 Å². The Bertz CT molecular complexity index is 1830. The number of rotatable bonds is 5. The third-order valence-electron chi connectivity index (χ3n) is 8.03. The fourth-order valence-corrected chi connectivity index (χ4v) is 7.37. The van der Waals surface area contributed by atoms with Crippen molar-refractivity contribution in [1.82, 2.24) is 19.2 Å². The van der Waals surface area contributed by atoms with Gasteiger partial charge in [-0.25, -0.2) is 17.4 Å². The molecular formula is C32H32N4O3S. The second kappa shape index (κ2) is 9.57. The van der Waals surface area contributed by atoms with Gasteiger partial charge in [0.15, 0.2) is 5.65 Å². The van der Waals surface area contributed by atoms with Gasteiger partial charge >= 0.3 is 0 Å². The SMILES string of the molecule is Cc1cc(C2=CC(C)(S(=O)(=O)n3cc(-c4ccc(C(=O)N(C)C)cc4)c4cccnc43)CC=C2)cc2c1CNC2. The van der Waals surface area contributed by atoms with Crippen LogP contribution >= 0.6 is 0 Å². The first-order valence-corrected chi connectivity index (χ1v) is 14.8. The van der Waals surface area contributed by atoms with Crippen LogP contribution in [-0.4, -0.2) is 47.0 Å². The van der Waals surface area contributed by atoms with Crippen molar-refractivity contribution in [3.05, 3.63) is 107 Å². The van der Waals surface area contributed by atoms with E-state index in [0.29, 0.717) is 17.6 Å². The molecule has 2 aromatic heterocycles. The molecule has 1 aliphatic carbocycles. The average molecular weight is 553 g/mol. The molecule has 0 saturated heterocycles. The normalized spacial score (nSPS) is 18.6. The van der Waals surface area contributed by atoms with Gasteiger partial charge < -0.3 is 10.2 Å². The molecule has 1 atom stereocenters. The Morgan fingerprint density at radius 2 is 1.85 bits per heavy atom. The summed E-state index contributed by atoms with van der Waals surface area (Å²) >= 11 is 0. The van der Waals surface area contributed by atoms with Gasteiger partial charge in [-0.1, -0.05) is 36.4 Å². The Labute approximate surface area is 234 Å². The fraction of sp³-hybridized carbons (Fsp3) is 0.250. The van der Waals surface area contributed by atoms with Gasteiger partial charge in [0.1, 0.15) is 4.75 Å². The minimum absolute atomic E-state index is 0.0890. The molecule has 6 rings (SSSR count). The van der Waals surface area contributed by atoms with Crippen molar-refractivity contribution >= 4 is 32.5 Å². The van der Waals surface area contributed by atoms with Crippen LogP contribution in [0, 0.1) is 6.92 Å². The predicted octanol–water partition coefficient (Wildman–Crippen LogP) is 5.30. The first-order chi connectivity index (χ1) is 19.1. The molecule has 0 saturated carbocycles. The summed E-state index contributed by atoms with van der Waals surface area (Å²) < 4.78 is 29.0. The molecule has 4 aromatic rings. The minimum atomic E-state index is -3.92. The quantitative estimate of drug-likeness (QED) is 0.363.